The van der Waals surface area contributed by atoms with Crippen molar-refractivity contribution in [3.8, 4) is 5.75 Å². The van der Waals surface area contributed by atoms with Crippen LogP contribution >= 0.6 is 23.4 Å². The van der Waals surface area contributed by atoms with Gasteiger partial charge in [-0.1, -0.05) is 41.9 Å². The van der Waals surface area contributed by atoms with E-state index in [2.05, 4.69) is 29.6 Å². The van der Waals surface area contributed by atoms with Gasteiger partial charge in [-0.15, -0.1) is 11.8 Å². The first kappa shape index (κ1) is 16.7. The van der Waals surface area contributed by atoms with Crippen LogP contribution in [0.25, 0.3) is 10.8 Å². The van der Waals surface area contributed by atoms with E-state index >= 15 is 0 Å². The number of hydrogen-bond donors (Lipinski definition) is 1. The summed E-state index contributed by atoms with van der Waals surface area (Å²) >= 11 is 7.56. The molecule has 0 saturated carbocycles. The average molecular weight is 358 g/mol. The molecule has 0 spiro atoms. The monoisotopic (exact) mass is 357 g/mol. The Morgan fingerprint density at radius 2 is 1.88 bits per heavy atom. The topological polar surface area (TPSA) is 38.3 Å². The van der Waals surface area contributed by atoms with Gasteiger partial charge in [-0.25, -0.2) is 0 Å². The summed E-state index contributed by atoms with van der Waals surface area (Å²) < 4.78 is 5.10. The molecule has 0 heterocycles. The molecule has 0 unspecified atom stereocenters. The molecule has 122 valence electrons. The number of anilines is 1. The normalized spacial score (nSPS) is 10.6. The Hall–Kier alpha value is -2.17. The molecule has 0 saturated heterocycles. The van der Waals surface area contributed by atoms with Gasteiger partial charge in [-0.3, -0.25) is 4.79 Å². The van der Waals surface area contributed by atoms with Gasteiger partial charge in [0.1, 0.15) is 5.75 Å². The number of ether oxygens (including phenoxy) is 1. The Morgan fingerprint density at radius 3 is 2.62 bits per heavy atom. The number of amides is 1. The van der Waals surface area contributed by atoms with Gasteiger partial charge in [-0.2, -0.15) is 0 Å². The van der Waals surface area contributed by atoms with Crippen molar-refractivity contribution in [1.82, 2.24) is 0 Å². The van der Waals surface area contributed by atoms with E-state index in [1.165, 1.54) is 22.5 Å². The summed E-state index contributed by atoms with van der Waals surface area (Å²) in [5.74, 6) is 0.844. The maximum atomic E-state index is 12.1. The second-order valence-corrected chi connectivity index (χ2v) is 6.65. The van der Waals surface area contributed by atoms with Gasteiger partial charge in [0.15, 0.2) is 0 Å². The van der Waals surface area contributed by atoms with Gasteiger partial charge >= 0.3 is 0 Å². The number of halogens is 1. The van der Waals surface area contributed by atoms with Crippen LogP contribution in [0, 0.1) is 0 Å². The highest BCUT2D eigenvalue weighted by molar-refractivity contribution is 8.00. The molecule has 24 heavy (non-hydrogen) atoms. The molecule has 3 aromatic carbocycles. The number of methoxy groups -OCH3 is 1. The average Bonchev–Trinajstić information content (AvgIpc) is 2.60. The van der Waals surface area contributed by atoms with E-state index in [-0.39, 0.29) is 5.91 Å². The predicted octanol–water partition coefficient (Wildman–Crippen LogP) is 5.23. The fourth-order valence-corrected chi connectivity index (χ4v) is 3.35. The van der Waals surface area contributed by atoms with E-state index in [0.29, 0.717) is 22.2 Å². The number of hydrogen-bond acceptors (Lipinski definition) is 3. The molecule has 0 fully saturated rings. The number of thioether (sulfide) groups is 1. The smallest absolute Gasteiger partial charge is 0.234 e. The lowest BCUT2D eigenvalue weighted by Gasteiger charge is -2.08. The number of nitrogens with one attached hydrogen (secondary N) is 1. The van der Waals surface area contributed by atoms with Crippen LogP contribution in [0.4, 0.5) is 5.69 Å². The predicted molar refractivity (Wildman–Crippen MR) is 101 cm³/mol. The fraction of sp³-hybridized carbons (Fsp3) is 0.105. The van der Waals surface area contributed by atoms with Crippen LogP contribution in [-0.2, 0) is 4.79 Å². The number of rotatable bonds is 5. The molecule has 1 N–H and O–H groups in total. The highest BCUT2D eigenvalue weighted by Gasteiger charge is 2.07. The molecule has 3 aromatic rings. The second kappa shape index (κ2) is 7.60. The highest BCUT2D eigenvalue weighted by atomic mass is 35.5. The molecule has 0 radical (unpaired) electrons. The quantitative estimate of drug-likeness (QED) is 0.635. The van der Waals surface area contributed by atoms with Crippen molar-refractivity contribution < 1.29 is 9.53 Å². The molecule has 0 aliphatic rings. The molecule has 0 aliphatic carbocycles. The van der Waals surface area contributed by atoms with Crippen LogP contribution in [0.5, 0.6) is 5.75 Å². The molecule has 0 aromatic heterocycles. The zero-order valence-corrected chi connectivity index (χ0v) is 14.7. The van der Waals surface area contributed by atoms with Crippen molar-refractivity contribution in [2.45, 2.75) is 4.90 Å². The molecule has 5 heteroatoms. The van der Waals surface area contributed by atoms with Gasteiger partial charge in [0, 0.05) is 10.6 Å². The third-order valence-corrected chi connectivity index (χ3v) is 4.82. The standard InChI is InChI=1S/C19H16ClNO2S/c1-23-18-9-7-15(11-17(18)20)21-19(22)12-24-16-8-6-13-4-2-3-5-14(13)10-16/h2-11H,12H2,1H3,(H,21,22). The van der Waals surface area contributed by atoms with Crippen LogP contribution in [0.2, 0.25) is 5.02 Å². The molecule has 3 rings (SSSR count). The van der Waals surface area contributed by atoms with Crippen molar-refractivity contribution >= 4 is 45.7 Å². The highest BCUT2D eigenvalue weighted by Crippen LogP contribution is 2.28. The van der Waals surface area contributed by atoms with Gasteiger partial charge < -0.3 is 10.1 Å². The summed E-state index contributed by atoms with van der Waals surface area (Å²) in [6, 6.07) is 19.5. The van der Waals surface area contributed by atoms with Gasteiger partial charge in [0.05, 0.1) is 17.9 Å². The minimum absolute atomic E-state index is 0.0746. The Balaban J connectivity index is 1.61. The van der Waals surface area contributed by atoms with Crippen molar-refractivity contribution in [1.29, 1.82) is 0 Å². The lowest BCUT2D eigenvalue weighted by molar-refractivity contribution is -0.113. The van der Waals surface area contributed by atoms with Crippen LogP contribution in [0.3, 0.4) is 0 Å². The third kappa shape index (κ3) is 4.02. The van der Waals surface area contributed by atoms with E-state index < -0.39 is 0 Å². The van der Waals surface area contributed by atoms with Crippen LogP contribution < -0.4 is 10.1 Å². The molecule has 0 bridgehead atoms. The maximum Gasteiger partial charge on any atom is 0.234 e. The van der Waals surface area contributed by atoms with Gasteiger partial charge in [0.2, 0.25) is 5.91 Å². The molecule has 3 nitrogen and oxygen atoms in total. The Labute approximate surface area is 150 Å². The van der Waals surface area contributed by atoms with E-state index in [0.717, 1.165) is 4.90 Å². The van der Waals surface area contributed by atoms with Gasteiger partial charge in [0.25, 0.3) is 0 Å². The number of benzene rings is 3. The first-order valence-corrected chi connectivity index (χ1v) is 8.77. The third-order valence-electron chi connectivity index (χ3n) is 3.53. The summed E-state index contributed by atoms with van der Waals surface area (Å²) in [5, 5.41) is 5.68. The zero-order chi connectivity index (χ0) is 16.9. The SMILES string of the molecule is COc1ccc(NC(=O)CSc2ccc3ccccc3c2)cc1Cl. The van der Waals surface area contributed by atoms with Crippen molar-refractivity contribution in [3.05, 3.63) is 65.7 Å². The zero-order valence-electron chi connectivity index (χ0n) is 13.1. The second-order valence-electron chi connectivity index (χ2n) is 5.20. The van der Waals surface area contributed by atoms with E-state index in [9.17, 15) is 4.79 Å². The van der Waals surface area contributed by atoms with Crippen molar-refractivity contribution in [2.75, 3.05) is 18.2 Å². The first-order valence-electron chi connectivity index (χ1n) is 7.41. The molecular weight excluding hydrogens is 342 g/mol. The summed E-state index contributed by atoms with van der Waals surface area (Å²) in [6.45, 7) is 0. The number of carbonyl (C=O) groups excluding carboxylic acids is 1. The van der Waals surface area contributed by atoms with E-state index in [1.807, 2.05) is 18.2 Å². The summed E-state index contributed by atoms with van der Waals surface area (Å²) in [4.78, 5) is 13.2. The van der Waals surface area contributed by atoms with Crippen LogP contribution in [-0.4, -0.2) is 18.8 Å². The molecular formula is C19H16ClNO2S. The Bertz CT molecular complexity index is 882. The van der Waals surface area contributed by atoms with Crippen LogP contribution in [0.1, 0.15) is 0 Å². The summed E-state index contributed by atoms with van der Waals surface area (Å²) in [7, 11) is 1.56. The van der Waals surface area contributed by atoms with Crippen LogP contribution in [0.15, 0.2) is 65.6 Å². The largest absolute Gasteiger partial charge is 0.495 e. The lowest BCUT2D eigenvalue weighted by Crippen LogP contribution is -2.13. The minimum atomic E-state index is -0.0746. The van der Waals surface area contributed by atoms with E-state index in [1.54, 1.807) is 25.3 Å². The van der Waals surface area contributed by atoms with Gasteiger partial charge in [-0.05, 0) is 41.1 Å². The van der Waals surface area contributed by atoms with Crippen molar-refractivity contribution in [3.63, 3.8) is 0 Å². The number of carbonyl (C=O) groups is 1. The Kier molecular flexibility index (Phi) is 5.28. The number of fused-ring (bicyclic) bond motifs is 1. The Morgan fingerprint density at radius 1 is 1.08 bits per heavy atom. The van der Waals surface area contributed by atoms with Crippen molar-refractivity contribution in [2.24, 2.45) is 0 Å². The molecule has 0 aliphatic heterocycles. The molecule has 1 amide bonds. The summed E-state index contributed by atoms with van der Waals surface area (Å²) in [6.07, 6.45) is 0. The summed E-state index contributed by atoms with van der Waals surface area (Å²) in [5.41, 5.74) is 0.657. The fourth-order valence-electron chi connectivity index (χ4n) is 2.35. The van der Waals surface area contributed by atoms with E-state index in [4.69, 9.17) is 16.3 Å². The lowest BCUT2D eigenvalue weighted by atomic mass is 10.1. The minimum Gasteiger partial charge on any atom is -0.495 e. The maximum absolute atomic E-state index is 12.1. The molecule has 0 atom stereocenters. The first-order chi connectivity index (χ1) is 11.7.